The maximum atomic E-state index is 11.1. The summed E-state index contributed by atoms with van der Waals surface area (Å²) in [6.07, 6.45) is 7.11. The van der Waals surface area contributed by atoms with Crippen molar-refractivity contribution in [3.63, 3.8) is 0 Å². The molecule has 1 aliphatic rings. The first kappa shape index (κ1) is 14.6. The number of carbonyl (C=O) groups is 1. The molecule has 0 amide bonds. The number of benzene rings is 1. The standard InChI is InChI=1S/C17H22O3/c1-12-11-14(20-17(2,3)16(18)19)9-10-15(12)13-7-5-4-6-8-13/h7,9-11H,4-6,8H2,1-3H3,(H,18,19). The molecule has 0 aromatic heterocycles. The average molecular weight is 274 g/mol. The Labute approximate surface area is 120 Å². The fourth-order valence-corrected chi connectivity index (χ4v) is 2.48. The van der Waals surface area contributed by atoms with E-state index in [4.69, 9.17) is 9.84 Å². The second-order valence-electron chi connectivity index (χ2n) is 5.87. The van der Waals surface area contributed by atoms with Crippen LogP contribution in [-0.2, 0) is 4.79 Å². The summed E-state index contributed by atoms with van der Waals surface area (Å²) in [6.45, 7) is 5.16. The SMILES string of the molecule is Cc1cc(OC(C)(C)C(=O)O)ccc1C1=CCCCC1. The first-order valence-electron chi connectivity index (χ1n) is 7.12. The molecule has 2 rings (SSSR count). The lowest BCUT2D eigenvalue weighted by atomic mass is 9.91. The number of hydrogen-bond acceptors (Lipinski definition) is 2. The minimum atomic E-state index is -1.21. The van der Waals surface area contributed by atoms with Crippen LogP contribution in [0.2, 0.25) is 0 Å². The topological polar surface area (TPSA) is 46.5 Å². The Bertz CT molecular complexity index is 541. The molecule has 1 aromatic carbocycles. The molecule has 0 spiro atoms. The summed E-state index contributed by atoms with van der Waals surface area (Å²) in [6, 6.07) is 5.83. The molecule has 1 N–H and O–H groups in total. The molecule has 0 bridgehead atoms. The van der Waals surface area contributed by atoms with Gasteiger partial charge in [-0.1, -0.05) is 12.1 Å². The summed E-state index contributed by atoms with van der Waals surface area (Å²) in [5.41, 5.74) is 2.58. The minimum absolute atomic E-state index is 0.607. The van der Waals surface area contributed by atoms with Crippen LogP contribution in [-0.4, -0.2) is 16.7 Å². The first-order valence-corrected chi connectivity index (χ1v) is 7.12. The Hall–Kier alpha value is -1.77. The summed E-state index contributed by atoms with van der Waals surface area (Å²) < 4.78 is 5.57. The van der Waals surface area contributed by atoms with Crippen molar-refractivity contribution in [2.24, 2.45) is 0 Å². The Morgan fingerprint density at radius 3 is 2.60 bits per heavy atom. The molecule has 0 heterocycles. The summed E-state index contributed by atoms with van der Waals surface area (Å²) in [5, 5.41) is 9.10. The lowest BCUT2D eigenvalue weighted by Crippen LogP contribution is -2.37. The van der Waals surface area contributed by atoms with Crippen molar-refractivity contribution in [1.82, 2.24) is 0 Å². The number of ether oxygens (including phenoxy) is 1. The monoisotopic (exact) mass is 274 g/mol. The van der Waals surface area contributed by atoms with Gasteiger partial charge in [0.25, 0.3) is 0 Å². The predicted molar refractivity (Wildman–Crippen MR) is 80.0 cm³/mol. The molecule has 108 valence electrons. The van der Waals surface area contributed by atoms with Crippen LogP contribution in [0.3, 0.4) is 0 Å². The molecule has 0 atom stereocenters. The van der Waals surface area contributed by atoms with Gasteiger partial charge in [0, 0.05) is 0 Å². The van der Waals surface area contributed by atoms with Crippen LogP contribution in [0.25, 0.3) is 5.57 Å². The van der Waals surface area contributed by atoms with E-state index in [1.54, 1.807) is 13.8 Å². The van der Waals surface area contributed by atoms with E-state index >= 15 is 0 Å². The second kappa shape index (κ2) is 5.70. The molecule has 1 aromatic rings. The van der Waals surface area contributed by atoms with Crippen molar-refractivity contribution in [3.05, 3.63) is 35.4 Å². The van der Waals surface area contributed by atoms with Crippen molar-refractivity contribution in [3.8, 4) is 5.75 Å². The average Bonchev–Trinajstić information content (AvgIpc) is 2.39. The summed E-state index contributed by atoms with van der Waals surface area (Å²) in [7, 11) is 0. The molecule has 3 nitrogen and oxygen atoms in total. The van der Waals surface area contributed by atoms with Gasteiger partial charge < -0.3 is 9.84 Å². The van der Waals surface area contributed by atoms with Crippen LogP contribution in [0.5, 0.6) is 5.75 Å². The molecular formula is C17H22O3. The summed E-state index contributed by atoms with van der Waals surface area (Å²) in [4.78, 5) is 11.1. The van der Waals surface area contributed by atoms with E-state index in [2.05, 4.69) is 6.08 Å². The third-order valence-electron chi connectivity index (χ3n) is 3.72. The smallest absolute Gasteiger partial charge is 0.347 e. The fraction of sp³-hybridized carbons (Fsp3) is 0.471. The fourth-order valence-electron chi connectivity index (χ4n) is 2.48. The van der Waals surface area contributed by atoms with Crippen LogP contribution in [0, 0.1) is 6.92 Å². The second-order valence-corrected chi connectivity index (χ2v) is 5.87. The van der Waals surface area contributed by atoms with E-state index in [9.17, 15) is 4.79 Å². The van der Waals surface area contributed by atoms with E-state index in [0.29, 0.717) is 5.75 Å². The zero-order valence-electron chi connectivity index (χ0n) is 12.4. The maximum Gasteiger partial charge on any atom is 0.347 e. The molecule has 20 heavy (non-hydrogen) atoms. The summed E-state index contributed by atoms with van der Waals surface area (Å²) >= 11 is 0. The van der Waals surface area contributed by atoms with Crippen molar-refractivity contribution >= 4 is 11.5 Å². The minimum Gasteiger partial charge on any atom is -0.478 e. The molecule has 0 radical (unpaired) electrons. The van der Waals surface area contributed by atoms with Gasteiger partial charge in [0.1, 0.15) is 5.75 Å². The van der Waals surface area contributed by atoms with Gasteiger partial charge in [0.05, 0.1) is 0 Å². The lowest BCUT2D eigenvalue weighted by molar-refractivity contribution is -0.152. The van der Waals surface area contributed by atoms with Gasteiger partial charge in [-0.15, -0.1) is 0 Å². The van der Waals surface area contributed by atoms with Crippen molar-refractivity contribution < 1.29 is 14.6 Å². The summed E-state index contributed by atoms with van der Waals surface area (Å²) in [5.74, 6) is -0.357. The molecule has 3 heteroatoms. The molecule has 1 aliphatic carbocycles. The van der Waals surface area contributed by atoms with Crippen LogP contribution >= 0.6 is 0 Å². The number of rotatable bonds is 4. The van der Waals surface area contributed by atoms with Gasteiger partial charge in [-0.2, -0.15) is 0 Å². The lowest BCUT2D eigenvalue weighted by Gasteiger charge is -2.22. The number of aliphatic carboxylic acids is 1. The molecule has 0 saturated carbocycles. The van der Waals surface area contributed by atoms with Crippen LogP contribution < -0.4 is 4.74 Å². The molecule has 0 fully saturated rings. The number of allylic oxidation sites excluding steroid dienone is 2. The Balaban J connectivity index is 2.22. The molecular weight excluding hydrogens is 252 g/mol. The van der Waals surface area contributed by atoms with Gasteiger partial charge in [0.2, 0.25) is 0 Å². The zero-order valence-corrected chi connectivity index (χ0v) is 12.4. The highest BCUT2D eigenvalue weighted by atomic mass is 16.5. The molecule has 0 unspecified atom stereocenters. The highest BCUT2D eigenvalue weighted by molar-refractivity contribution is 5.77. The number of aryl methyl sites for hydroxylation is 1. The third kappa shape index (κ3) is 3.21. The van der Waals surface area contributed by atoms with E-state index in [1.165, 1.54) is 24.0 Å². The van der Waals surface area contributed by atoms with E-state index in [0.717, 1.165) is 18.4 Å². The third-order valence-corrected chi connectivity index (χ3v) is 3.72. The highest BCUT2D eigenvalue weighted by Gasteiger charge is 2.29. The molecule has 0 aliphatic heterocycles. The Morgan fingerprint density at radius 1 is 1.30 bits per heavy atom. The van der Waals surface area contributed by atoms with Crippen LogP contribution in [0.4, 0.5) is 0 Å². The number of carboxylic acid groups (broad SMARTS) is 1. The normalized spacial score (nSPS) is 15.7. The van der Waals surface area contributed by atoms with Crippen LogP contribution in [0.15, 0.2) is 24.3 Å². The number of hydrogen-bond donors (Lipinski definition) is 1. The van der Waals surface area contributed by atoms with E-state index in [-0.39, 0.29) is 0 Å². The quantitative estimate of drug-likeness (QED) is 0.895. The Morgan fingerprint density at radius 2 is 2.05 bits per heavy atom. The van der Waals surface area contributed by atoms with Crippen molar-refractivity contribution in [2.75, 3.05) is 0 Å². The highest BCUT2D eigenvalue weighted by Crippen LogP contribution is 2.31. The van der Waals surface area contributed by atoms with Gasteiger partial charge in [-0.25, -0.2) is 4.79 Å². The molecule has 0 saturated heterocycles. The zero-order chi connectivity index (χ0) is 14.8. The first-order chi connectivity index (χ1) is 9.40. The van der Waals surface area contributed by atoms with Gasteiger partial charge in [-0.05, 0) is 75.3 Å². The number of carboxylic acids is 1. The van der Waals surface area contributed by atoms with Crippen molar-refractivity contribution in [1.29, 1.82) is 0 Å². The Kier molecular flexibility index (Phi) is 4.17. The van der Waals surface area contributed by atoms with E-state index < -0.39 is 11.6 Å². The van der Waals surface area contributed by atoms with Crippen LogP contribution in [0.1, 0.15) is 50.7 Å². The van der Waals surface area contributed by atoms with Gasteiger partial charge >= 0.3 is 5.97 Å². The van der Waals surface area contributed by atoms with E-state index in [1.807, 2.05) is 25.1 Å². The van der Waals surface area contributed by atoms with Gasteiger partial charge in [0.15, 0.2) is 5.60 Å². The van der Waals surface area contributed by atoms with Crippen molar-refractivity contribution in [2.45, 2.75) is 52.1 Å². The maximum absolute atomic E-state index is 11.1. The predicted octanol–water partition coefficient (Wildman–Crippen LogP) is 4.19. The largest absolute Gasteiger partial charge is 0.478 e. The van der Waals surface area contributed by atoms with Gasteiger partial charge in [-0.3, -0.25) is 0 Å².